The Bertz CT molecular complexity index is 275. The van der Waals surface area contributed by atoms with Crippen molar-refractivity contribution < 1.29 is 9.90 Å². The maximum absolute atomic E-state index is 10.3. The van der Waals surface area contributed by atoms with Crippen molar-refractivity contribution in [1.29, 1.82) is 0 Å². The summed E-state index contributed by atoms with van der Waals surface area (Å²) in [5.74, 6) is -0.718. The summed E-state index contributed by atoms with van der Waals surface area (Å²) in [6, 6.07) is 0. The van der Waals surface area contributed by atoms with Crippen LogP contribution in [0.4, 0.5) is 0 Å². The van der Waals surface area contributed by atoms with E-state index in [2.05, 4.69) is 29.8 Å². The summed E-state index contributed by atoms with van der Waals surface area (Å²) in [6.45, 7) is 7.75. The predicted octanol–water partition coefficient (Wildman–Crippen LogP) is 3.34. The summed E-state index contributed by atoms with van der Waals surface area (Å²) < 4.78 is 0. The molecule has 0 radical (unpaired) electrons. The van der Waals surface area contributed by atoms with Crippen LogP contribution in [0.1, 0.15) is 52.4 Å². The Kier molecular flexibility index (Phi) is 12.5. The summed E-state index contributed by atoms with van der Waals surface area (Å²) in [4.78, 5) is 16.9. The van der Waals surface area contributed by atoms with Gasteiger partial charge in [0.1, 0.15) is 0 Å². The van der Waals surface area contributed by atoms with Crippen LogP contribution in [0.3, 0.4) is 0 Å². The van der Waals surface area contributed by atoms with Gasteiger partial charge in [-0.1, -0.05) is 19.9 Å². The van der Waals surface area contributed by atoms with Crippen LogP contribution in [0.15, 0.2) is 17.3 Å². The number of carbonyl (C=O) groups is 1. The third kappa shape index (κ3) is 13.1. The lowest BCUT2D eigenvalue weighted by atomic mass is 10.2. The van der Waals surface area contributed by atoms with Gasteiger partial charge in [-0.15, -0.1) is 0 Å². The summed E-state index contributed by atoms with van der Waals surface area (Å²) in [7, 11) is 0. The molecule has 4 heteroatoms. The first-order chi connectivity index (χ1) is 9.20. The van der Waals surface area contributed by atoms with Gasteiger partial charge >= 0.3 is 5.97 Å². The molecule has 4 nitrogen and oxygen atoms in total. The van der Waals surface area contributed by atoms with Crippen molar-refractivity contribution in [3.8, 4) is 0 Å². The van der Waals surface area contributed by atoms with E-state index in [-0.39, 0.29) is 6.42 Å². The topological polar surface area (TPSA) is 52.9 Å². The Morgan fingerprint density at radius 1 is 1.21 bits per heavy atom. The summed E-state index contributed by atoms with van der Waals surface area (Å²) in [5.41, 5.74) is 0. The zero-order valence-corrected chi connectivity index (χ0v) is 12.3. The lowest BCUT2D eigenvalue weighted by Crippen LogP contribution is -2.24. The van der Waals surface area contributed by atoms with Crippen molar-refractivity contribution in [2.75, 3.05) is 19.6 Å². The third-order valence-corrected chi connectivity index (χ3v) is 2.87. The molecule has 0 fully saturated rings. The fourth-order valence-electron chi connectivity index (χ4n) is 1.78. The Balaban J connectivity index is 3.48. The Hall–Kier alpha value is -1.16. The van der Waals surface area contributed by atoms with Crippen LogP contribution >= 0.6 is 0 Å². The van der Waals surface area contributed by atoms with Gasteiger partial charge in [0.2, 0.25) is 0 Å². The van der Waals surface area contributed by atoms with Crippen molar-refractivity contribution in [1.82, 2.24) is 4.90 Å². The minimum atomic E-state index is -0.718. The standard InChI is InChI=1S/C15H28N2O2/c1-3-13-17(4-2)14-9-8-12-16-11-7-5-6-10-15(18)19/h8,11-12H,3-7,9-10,13-14H2,1-2H3,(H,18,19)/b12-8+,16-11?. The van der Waals surface area contributed by atoms with E-state index in [0.717, 1.165) is 45.3 Å². The van der Waals surface area contributed by atoms with Gasteiger partial charge in [-0.05, 0) is 45.2 Å². The molecule has 110 valence electrons. The lowest BCUT2D eigenvalue weighted by molar-refractivity contribution is -0.137. The molecule has 0 bridgehead atoms. The molecule has 0 unspecified atom stereocenters. The van der Waals surface area contributed by atoms with Gasteiger partial charge in [-0.3, -0.25) is 9.79 Å². The second-order valence-electron chi connectivity index (χ2n) is 4.58. The van der Waals surface area contributed by atoms with Gasteiger partial charge in [0.05, 0.1) is 0 Å². The Morgan fingerprint density at radius 3 is 2.63 bits per heavy atom. The number of nitrogens with zero attached hydrogens (tertiary/aromatic N) is 2. The predicted molar refractivity (Wildman–Crippen MR) is 80.8 cm³/mol. The van der Waals surface area contributed by atoms with Gasteiger partial charge < -0.3 is 10.0 Å². The minimum Gasteiger partial charge on any atom is -0.481 e. The number of hydrogen-bond acceptors (Lipinski definition) is 3. The third-order valence-electron chi connectivity index (χ3n) is 2.87. The van der Waals surface area contributed by atoms with E-state index in [1.54, 1.807) is 0 Å². The van der Waals surface area contributed by atoms with Gasteiger partial charge in [-0.25, -0.2) is 0 Å². The molecule has 0 saturated heterocycles. The Morgan fingerprint density at radius 2 is 2.00 bits per heavy atom. The van der Waals surface area contributed by atoms with E-state index < -0.39 is 5.97 Å². The molecule has 0 rings (SSSR count). The quantitative estimate of drug-likeness (QED) is 0.436. The van der Waals surface area contributed by atoms with Crippen LogP contribution in [0.5, 0.6) is 0 Å². The highest BCUT2D eigenvalue weighted by Crippen LogP contribution is 1.98. The van der Waals surface area contributed by atoms with Crippen molar-refractivity contribution in [3.63, 3.8) is 0 Å². The SMILES string of the molecule is CCCN(CC)CC/C=C/N=CCCCCC(=O)O. The van der Waals surface area contributed by atoms with E-state index in [0.29, 0.717) is 0 Å². The van der Waals surface area contributed by atoms with Gasteiger partial charge in [0, 0.05) is 25.4 Å². The zero-order chi connectivity index (χ0) is 14.3. The number of aliphatic imine (C=N–C) groups is 1. The highest BCUT2D eigenvalue weighted by atomic mass is 16.4. The number of carboxylic acids is 1. The smallest absolute Gasteiger partial charge is 0.303 e. The van der Waals surface area contributed by atoms with E-state index in [1.165, 1.54) is 6.42 Å². The monoisotopic (exact) mass is 268 g/mol. The fraction of sp³-hybridized carbons (Fsp3) is 0.733. The first-order valence-corrected chi connectivity index (χ1v) is 7.31. The molecule has 0 aliphatic carbocycles. The molecule has 0 aliphatic heterocycles. The van der Waals surface area contributed by atoms with Crippen LogP contribution in [0.2, 0.25) is 0 Å². The van der Waals surface area contributed by atoms with Gasteiger partial charge in [0.15, 0.2) is 0 Å². The van der Waals surface area contributed by atoms with Crippen LogP contribution < -0.4 is 0 Å². The number of aliphatic carboxylic acids is 1. The van der Waals surface area contributed by atoms with Crippen molar-refractivity contribution >= 4 is 12.2 Å². The van der Waals surface area contributed by atoms with Crippen LogP contribution in [0, 0.1) is 0 Å². The molecule has 19 heavy (non-hydrogen) atoms. The highest BCUT2D eigenvalue weighted by Gasteiger charge is 1.97. The maximum atomic E-state index is 10.3. The fourth-order valence-corrected chi connectivity index (χ4v) is 1.78. The average Bonchev–Trinajstić information content (AvgIpc) is 2.39. The summed E-state index contributed by atoms with van der Waals surface area (Å²) >= 11 is 0. The van der Waals surface area contributed by atoms with E-state index in [1.807, 2.05) is 12.4 Å². The van der Waals surface area contributed by atoms with Crippen molar-refractivity contribution in [3.05, 3.63) is 12.3 Å². The van der Waals surface area contributed by atoms with Crippen molar-refractivity contribution in [2.24, 2.45) is 4.99 Å². The molecule has 0 aromatic rings. The molecule has 0 amide bonds. The number of carboxylic acid groups (broad SMARTS) is 1. The molecule has 0 aromatic carbocycles. The molecule has 0 aromatic heterocycles. The van der Waals surface area contributed by atoms with E-state index in [9.17, 15) is 4.79 Å². The molecule has 1 N–H and O–H groups in total. The first kappa shape index (κ1) is 17.8. The summed E-state index contributed by atoms with van der Waals surface area (Å²) in [6.07, 6.45) is 10.8. The van der Waals surface area contributed by atoms with Gasteiger partial charge in [-0.2, -0.15) is 0 Å². The minimum absolute atomic E-state index is 0.258. The number of hydrogen-bond donors (Lipinski definition) is 1. The molecule has 0 aliphatic rings. The molecule has 0 spiro atoms. The van der Waals surface area contributed by atoms with E-state index >= 15 is 0 Å². The number of rotatable bonds is 12. The molecule has 0 atom stereocenters. The molecule has 0 saturated carbocycles. The zero-order valence-electron chi connectivity index (χ0n) is 12.3. The largest absolute Gasteiger partial charge is 0.481 e. The highest BCUT2D eigenvalue weighted by molar-refractivity contribution is 5.66. The normalized spacial score (nSPS) is 11.9. The molecular weight excluding hydrogens is 240 g/mol. The van der Waals surface area contributed by atoms with Crippen LogP contribution in [-0.2, 0) is 4.79 Å². The Labute approximate surface area is 117 Å². The second kappa shape index (κ2) is 13.3. The molecular formula is C15H28N2O2. The lowest BCUT2D eigenvalue weighted by Gasteiger charge is -2.17. The van der Waals surface area contributed by atoms with Crippen LogP contribution in [0.25, 0.3) is 0 Å². The second-order valence-corrected chi connectivity index (χ2v) is 4.58. The van der Waals surface area contributed by atoms with Crippen molar-refractivity contribution in [2.45, 2.75) is 52.4 Å². The summed E-state index contributed by atoms with van der Waals surface area (Å²) in [5, 5.41) is 8.47. The van der Waals surface area contributed by atoms with Crippen LogP contribution in [-0.4, -0.2) is 41.8 Å². The van der Waals surface area contributed by atoms with Gasteiger partial charge in [0.25, 0.3) is 0 Å². The molecule has 0 heterocycles. The number of unbranched alkanes of at least 4 members (excludes halogenated alkanes) is 2. The average molecular weight is 268 g/mol. The van der Waals surface area contributed by atoms with E-state index in [4.69, 9.17) is 5.11 Å². The first-order valence-electron chi connectivity index (χ1n) is 7.31. The maximum Gasteiger partial charge on any atom is 0.303 e.